The topological polar surface area (TPSA) is 37.3 Å². The minimum absolute atomic E-state index is 0. The van der Waals surface area contributed by atoms with Crippen molar-refractivity contribution < 1.29 is 30.5 Å². The van der Waals surface area contributed by atoms with Gasteiger partial charge in [0.15, 0.2) is 8.03 Å². The molecule has 1 N–H and O–H groups in total. The average molecular weight is 414 g/mol. The zero-order chi connectivity index (χ0) is 15.6. The van der Waals surface area contributed by atoms with Crippen LogP contribution < -0.4 is 0 Å². The molecule has 0 saturated carbocycles. The largest absolute Gasteiger partial charge is 0.346 e. The second kappa shape index (κ2) is 21.9. The summed E-state index contributed by atoms with van der Waals surface area (Å²) in [6, 6.07) is 0. The molecule has 0 aliphatic carbocycles. The monoisotopic (exact) mass is 416 g/mol. The van der Waals surface area contributed by atoms with E-state index in [0.29, 0.717) is 6.16 Å². The Morgan fingerprint density at radius 3 is 1.14 bits per heavy atom. The smallest absolute Gasteiger partial charge is 0.189 e. The molecular formula is C18H39MoO2P. The normalized spacial score (nSPS) is 12.1. The van der Waals surface area contributed by atoms with Gasteiger partial charge in [0, 0.05) is 27.2 Å². The fourth-order valence-corrected chi connectivity index (χ4v) is 3.38. The predicted molar refractivity (Wildman–Crippen MR) is 95.6 cm³/mol. The summed E-state index contributed by atoms with van der Waals surface area (Å²) in [4.78, 5) is 8.71. The van der Waals surface area contributed by atoms with Gasteiger partial charge in [-0.2, -0.15) is 0 Å². The molecule has 0 aliphatic heterocycles. The summed E-state index contributed by atoms with van der Waals surface area (Å²) in [6.07, 6.45) is 22.1. The standard InChI is InChI=1S/C18H39O2P.Mo/c1-2-3-4-5-6-7-8-9-10-11-12-13-14-15-16-17-18-21(19)20;/h21H,2-18H2,1H3,(H,19,20);. The average Bonchev–Trinajstić information content (AvgIpc) is 2.46. The van der Waals surface area contributed by atoms with E-state index in [1.165, 1.54) is 89.9 Å². The second-order valence-corrected chi connectivity index (χ2v) is 7.73. The zero-order valence-corrected chi connectivity index (χ0v) is 17.8. The Labute approximate surface area is 154 Å². The number of hydrogen-bond donors (Lipinski definition) is 1. The first-order valence-electron chi connectivity index (χ1n) is 9.49. The van der Waals surface area contributed by atoms with Crippen molar-refractivity contribution in [3.63, 3.8) is 0 Å². The summed E-state index contributed by atoms with van der Waals surface area (Å²) < 4.78 is 10.5. The fraction of sp³-hybridized carbons (Fsp3) is 1.00. The van der Waals surface area contributed by atoms with Crippen LogP contribution >= 0.6 is 8.03 Å². The predicted octanol–water partition coefficient (Wildman–Crippen LogP) is 6.71. The molecule has 134 valence electrons. The van der Waals surface area contributed by atoms with Gasteiger partial charge in [-0.3, -0.25) is 4.57 Å². The summed E-state index contributed by atoms with van der Waals surface area (Å²) in [7, 11) is -2.20. The quantitative estimate of drug-likeness (QED) is 0.163. The minimum Gasteiger partial charge on any atom is -0.346 e. The molecule has 0 aromatic heterocycles. The molecule has 4 heteroatoms. The van der Waals surface area contributed by atoms with Crippen molar-refractivity contribution in [2.45, 2.75) is 110 Å². The molecule has 0 spiro atoms. The number of unbranched alkanes of at least 4 members (excludes halogenated alkanes) is 15. The van der Waals surface area contributed by atoms with E-state index in [4.69, 9.17) is 4.89 Å². The summed E-state index contributed by atoms with van der Waals surface area (Å²) in [5.41, 5.74) is 0. The van der Waals surface area contributed by atoms with Gasteiger partial charge in [-0.25, -0.2) is 0 Å². The Kier molecular flexibility index (Phi) is 25.0. The molecular weight excluding hydrogens is 375 g/mol. The second-order valence-electron chi connectivity index (χ2n) is 6.45. The van der Waals surface area contributed by atoms with Gasteiger partial charge in [0.2, 0.25) is 0 Å². The SMILES string of the molecule is CCCCCCCCCCCCCCCCCC[PH](=O)O.[Mo]. The van der Waals surface area contributed by atoms with E-state index in [0.717, 1.165) is 12.8 Å². The third-order valence-corrected chi connectivity index (χ3v) is 5.03. The molecule has 0 bridgehead atoms. The minimum atomic E-state index is -2.20. The van der Waals surface area contributed by atoms with Crippen molar-refractivity contribution in [3.05, 3.63) is 0 Å². The number of hydrogen-bond acceptors (Lipinski definition) is 1. The van der Waals surface area contributed by atoms with Crippen LogP contribution in [0.1, 0.15) is 110 Å². The Bertz CT molecular complexity index is 225. The van der Waals surface area contributed by atoms with Gasteiger partial charge < -0.3 is 4.89 Å². The number of rotatable bonds is 17. The van der Waals surface area contributed by atoms with Crippen LogP contribution in [0.3, 0.4) is 0 Å². The van der Waals surface area contributed by atoms with Gasteiger partial charge in [0.1, 0.15) is 0 Å². The van der Waals surface area contributed by atoms with E-state index in [9.17, 15) is 4.57 Å². The van der Waals surface area contributed by atoms with Gasteiger partial charge in [-0.05, 0) is 6.42 Å². The molecule has 1 unspecified atom stereocenters. The van der Waals surface area contributed by atoms with Gasteiger partial charge in [0.25, 0.3) is 0 Å². The van der Waals surface area contributed by atoms with E-state index >= 15 is 0 Å². The Hall–Kier alpha value is 0.878. The Morgan fingerprint density at radius 1 is 0.591 bits per heavy atom. The molecule has 0 amide bonds. The van der Waals surface area contributed by atoms with Gasteiger partial charge >= 0.3 is 0 Å². The van der Waals surface area contributed by atoms with Crippen LogP contribution in [0.2, 0.25) is 0 Å². The van der Waals surface area contributed by atoms with Crippen LogP contribution in [-0.2, 0) is 25.6 Å². The maximum Gasteiger partial charge on any atom is 0.189 e. The van der Waals surface area contributed by atoms with Gasteiger partial charge in [-0.15, -0.1) is 0 Å². The van der Waals surface area contributed by atoms with Crippen LogP contribution in [0.5, 0.6) is 0 Å². The molecule has 0 aromatic rings. The van der Waals surface area contributed by atoms with E-state index in [-0.39, 0.29) is 21.1 Å². The third kappa shape index (κ3) is 23.1. The first-order chi connectivity index (χ1) is 10.3. The summed E-state index contributed by atoms with van der Waals surface area (Å²) in [5, 5.41) is 0. The molecule has 0 radical (unpaired) electrons. The van der Waals surface area contributed by atoms with Crippen LogP contribution in [0.4, 0.5) is 0 Å². The van der Waals surface area contributed by atoms with Crippen molar-refractivity contribution in [2.75, 3.05) is 6.16 Å². The summed E-state index contributed by atoms with van der Waals surface area (Å²) in [6.45, 7) is 2.28. The molecule has 22 heavy (non-hydrogen) atoms. The Balaban J connectivity index is 0. The fourth-order valence-electron chi connectivity index (χ4n) is 2.82. The van der Waals surface area contributed by atoms with Crippen LogP contribution in [-0.4, -0.2) is 11.1 Å². The van der Waals surface area contributed by atoms with Crippen molar-refractivity contribution in [3.8, 4) is 0 Å². The first-order valence-corrected chi connectivity index (χ1v) is 11.1. The molecule has 0 rings (SSSR count). The van der Waals surface area contributed by atoms with Crippen molar-refractivity contribution in [1.82, 2.24) is 0 Å². The van der Waals surface area contributed by atoms with E-state index in [2.05, 4.69) is 6.92 Å². The maximum atomic E-state index is 10.5. The third-order valence-electron chi connectivity index (χ3n) is 4.24. The van der Waals surface area contributed by atoms with Crippen molar-refractivity contribution in [2.24, 2.45) is 0 Å². The molecule has 0 fully saturated rings. The summed E-state index contributed by atoms with van der Waals surface area (Å²) >= 11 is 0. The van der Waals surface area contributed by atoms with Crippen LogP contribution in [0, 0.1) is 0 Å². The van der Waals surface area contributed by atoms with Gasteiger partial charge in [-0.1, -0.05) is 103 Å². The van der Waals surface area contributed by atoms with Crippen LogP contribution in [0.15, 0.2) is 0 Å². The molecule has 0 saturated heterocycles. The zero-order valence-electron chi connectivity index (χ0n) is 14.8. The van der Waals surface area contributed by atoms with E-state index in [1.54, 1.807) is 0 Å². The van der Waals surface area contributed by atoms with Crippen LogP contribution in [0.25, 0.3) is 0 Å². The Morgan fingerprint density at radius 2 is 0.864 bits per heavy atom. The van der Waals surface area contributed by atoms with E-state index in [1.807, 2.05) is 0 Å². The molecule has 0 aliphatic rings. The molecule has 0 heterocycles. The molecule has 2 nitrogen and oxygen atoms in total. The van der Waals surface area contributed by atoms with Crippen molar-refractivity contribution >= 4 is 8.03 Å². The van der Waals surface area contributed by atoms with E-state index < -0.39 is 8.03 Å². The maximum absolute atomic E-state index is 10.5. The molecule has 0 aromatic carbocycles. The first kappa shape index (κ1) is 25.1. The summed E-state index contributed by atoms with van der Waals surface area (Å²) in [5.74, 6) is 0. The van der Waals surface area contributed by atoms with Gasteiger partial charge in [0.05, 0.1) is 0 Å². The van der Waals surface area contributed by atoms with Crippen molar-refractivity contribution in [1.29, 1.82) is 0 Å². The molecule has 1 atom stereocenters.